The molecule has 0 radical (unpaired) electrons. The molecule has 2 aliphatic carbocycles. The zero-order chi connectivity index (χ0) is 26.0. The maximum atomic E-state index is 13.0. The van der Waals surface area contributed by atoms with E-state index in [1.54, 1.807) is 30.3 Å². The third-order valence-corrected chi connectivity index (χ3v) is 7.02. The number of aliphatic hydroxyl groups excluding tert-OH is 1. The van der Waals surface area contributed by atoms with E-state index < -0.39 is 23.8 Å². The van der Waals surface area contributed by atoms with E-state index >= 15 is 0 Å². The lowest BCUT2D eigenvalue weighted by molar-refractivity contribution is -0.203. The van der Waals surface area contributed by atoms with Crippen molar-refractivity contribution in [3.05, 3.63) is 58.6 Å². The van der Waals surface area contributed by atoms with E-state index in [2.05, 4.69) is 5.32 Å². The smallest absolute Gasteiger partial charge is 0.453 e. The Morgan fingerprint density at radius 1 is 1.03 bits per heavy atom. The molecule has 198 valence electrons. The van der Waals surface area contributed by atoms with Crippen LogP contribution in [0.1, 0.15) is 49.8 Å². The second-order valence-corrected chi connectivity index (χ2v) is 10.7. The van der Waals surface area contributed by atoms with Gasteiger partial charge in [-0.2, -0.15) is 0 Å². The average molecular weight is 530 g/mol. The van der Waals surface area contributed by atoms with Crippen molar-refractivity contribution in [2.24, 2.45) is 11.8 Å². The van der Waals surface area contributed by atoms with Crippen molar-refractivity contribution in [3.63, 3.8) is 0 Å². The van der Waals surface area contributed by atoms with Crippen molar-refractivity contribution >= 4 is 23.5 Å². The Morgan fingerprint density at radius 2 is 1.68 bits per heavy atom. The summed E-state index contributed by atoms with van der Waals surface area (Å²) < 4.78 is 22.4. The molecule has 0 spiro atoms. The number of halogens is 1. The highest BCUT2D eigenvalue weighted by atomic mass is 35.5. The van der Waals surface area contributed by atoms with Gasteiger partial charge in [-0.1, -0.05) is 29.8 Å². The number of ether oxygens (including phenoxy) is 4. The van der Waals surface area contributed by atoms with Gasteiger partial charge in [0.15, 0.2) is 11.5 Å². The van der Waals surface area contributed by atoms with Crippen LogP contribution in [-0.2, 0) is 25.5 Å². The minimum absolute atomic E-state index is 0.0194. The number of esters is 2. The summed E-state index contributed by atoms with van der Waals surface area (Å²) in [6.45, 7) is 2.82. The first-order chi connectivity index (χ1) is 17.8. The summed E-state index contributed by atoms with van der Waals surface area (Å²) >= 11 is 6.02. The van der Waals surface area contributed by atoms with Crippen LogP contribution < -0.4 is 14.8 Å². The van der Waals surface area contributed by atoms with Gasteiger partial charge in [-0.15, -0.1) is 0 Å². The monoisotopic (exact) mass is 529 g/mol. The topological polar surface area (TPSA) is 103 Å². The molecular weight excluding hydrogens is 498 g/mol. The first-order valence-corrected chi connectivity index (χ1v) is 13.2. The van der Waals surface area contributed by atoms with E-state index in [1.165, 1.54) is 0 Å². The summed E-state index contributed by atoms with van der Waals surface area (Å²) in [4.78, 5) is 26.0. The van der Waals surface area contributed by atoms with Crippen molar-refractivity contribution in [1.29, 1.82) is 0 Å². The molecule has 2 fully saturated rings. The summed E-state index contributed by atoms with van der Waals surface area (Å²) in [5.74, 6) is -2.83. The van der Waals surface area contributed by atoms with E-state index in [9.17, 15) is 14.7 Å². The SMILES string of the molecule is C[C@H](Cc1ccc2c(c1)OC(C(=O)OCC1CC1)(C(=O)OCC1CC1)O2)NC[C@H](O)c1cccc(Cl)c1. The van der Waals surface area contributed by atoms with Gasteiger partial charge in [0, 0.05) is 17.6 Å². The van der Waals surface area contributed by atoms with Gasteiger partial charge >= 0.3 is 17.7 Å². The highest BCUT2D eigenvalue weighted by Gasteiger charge is 2.60. The first-order valence-electron chi connectivity index (χ1n) is 12.8. The van der Waals surface area contributed by atoms with Crippen LogP contribution in [0.4, 0.5) is 0 Å². The van der Waals surface area contributed by atoms with E-state index in [0.717, 1.165) is 36.8 Å². The second kappa shape index (κ2) is 10.9. The second-order valence-electron chi connectivity index (χ2n) is 10.3. The zero-order valence-corrected chi connectivity index (χ0v) is 21.5. The summed E-state index contributed by atoms with van der Waals surface area (Å²) in [5, 5.41) is 14.4. The Morgan fingerprint density at radius 3 is 2.30 bits per heavy atom. The van der Waals surface area contributed by atoms with Crippen LogP contribution in [0.5, 0.6) is 11.5 Å². The Balaban J connectivity index is 1.21. The summed E-state index contributed by atoms with van der Waals surface area (Å²) in [7, 11) is 0. The molecule has 0 unspecified atom stereocenters. The number of carbonyl (C=O) groups is 2. The fourth-order valence-corrected chi connectivity index (χ4v) is 4.34. The van der Waals surface area contributed by atoms with Crippen molar-refractivity contribution in [3.8, 4) is 11.5 Å². The molecule has 0 amide bonds. The molecule has 2 saturated carbocycles. The van der Waals surface area contributed by atoms with Gasteiger partial charge in [0.25, 0.3) is 0 Å². The Kier molecular flexibility index (Phi) is 7.60. The standard InChI is InChI=1S/C28H32ClNO7/c1-17(30-14-23(31)21-3-2-4-22(29)13-21)11-20-9-10-24-25(12-20)37-28(36-24,26(32)34-15-18-5-6-18)27(33)35-16-19-7-8-19/h2-4,9-10,12-13,17-19,23,30-31H,5-8,11,14-16H2,1H3/t17-,23+/m1/s1. The van der Waals surface area contributed by atoms with Gasteiger partial charge in [0.1, 0.15) is 0 Å². The van der Waals surface area contributed by atoms with E-state index in [-0.39, 0.29) is 30.8 Å². The quantitative estimate of drug-likeness (QED) is 0.314. The molecule has 8 nitrogen and oxygen atoms in total. The summed E-state index contributed by atoms with van der Waals surface area (Å²) in [6, 6.07) is 12.5. The van der Waals surface area contributed by atoms with Crippen molar-refractivity contribution in [2.75, 3.05) is 19.8 Å². The summed E-state index contributed by atoms with van der Waals surface area (Å²) in [6.07, 6.45) is 3.92. The van der Waals surface area contributed by atoms with Crippen LogP contribution in [0, 0.1) is 11.8 Å². The van der Waals surface area contributed by atoms with E-state index in [1.807, 2.05) is 19.1 Å². The largest absolute Gasteiger partial charge is 0.459 e. The van der Waals surface area contributed by atoms with Crippen LogP contribution in [0.25, 0.3) is 0 Å². The lowest BCUT2D eigenvalue weighted by Crippen LogP contribution is -2.56. The molecule has 5 rings (SSSR count). The fourth-order valence-electron chi connectivity index (χ4n) is 4.14. The minimum Gasteiger partial charge on any atom is -0.459 e. The number of benzene rings is 2. The van der Waals surface area contributed by atoms with Crippen molar-refractivity contribution < 1.29 is 33.6 Å². The van der Waals surface area contributed by atoms with Gasteiger partial charge in [-0.3, -0.25) is 0 Å². The Hall–Kier alpha value is -2.81. The van der Waals surface area contributed by atoms with E-state index in [0.29, 0.717) is 29.8 Å². The molecule has 0 bridgehead atoms. The molecule has 0 aromatic heterocycles. The van der Waals surface area contributed by atoms with Crippen molar-refractivity contribution in [1.82, 2.24) is 5.32 Å². The molecule has 37 heavy (non-hydrogen) atoms. The molecule has 1 heterocycles. The fraction of sp³-hybridized carbons (Fsp3) is 0.500. The van der Waals surface area contributed by atoms with Crippen LogP contribution in [0.15, 0.2) is 42.5 Å². The first kappa shape index (κ1) is 25.8. The molecule has 2 aromatic carbocycles. The molecular formula is C28H32ClNO7. The third-order valence-electron chi connectivity index (χ3n) is 6.78. The molecule has 2 aromatic rings. The Bertz CT molecular complexity index is 1120. The normalized spacial score (nSPS) is 19.2. The van der Waals surface area contributed by atoms with Gasteiger partial charge in [-0.25, -0.2) is 9.59 Å². The van der Waals surface area contributed by atoms with Crippen LogP contribution >= 0.6 is 11.6 Å². The van der Waals surface area contributed by atoms with Gasteiger partial charge < -0.3 is 29.4 Å². The number of aliphatic hydroxyl groups is 1. The Labute approximate surface area is 221 Å². The number of carbonyl (C=O) groups excluding carboxylic acids is 2. The molecule has 2 atom stereocenters. The molecule has 3 aliphatic rings. The number of rotatable bonds is 12. The highest BCUT2D eigenvalue weighted by molar-refractivity contribution is 6.30. The molecule has 1 aliphatic heterocycles. The van der Waals surface area contributed by atoms with Gasteiger partial charge in [0.05, 0.1) is 19.3 Å². The predicted octanol–water partition coefficient (Wildman–Crippen LogP) is 3.97. The lowest BCUT2D eigenvalue weighted by atomic mass is 10.1. The van der Waals surface area contributed by atoms with Crippen LogP contribution in [-0.4, -0.2) is 48.6 Å². The van der Waals surface area contributed by atoms with Gasteiger partial charge in [-0.05, 0) is 86.3 Å². The average Bonchev–Trinajstić information content (AvgIpc) is 3.82. The highest BCUT2D eigenvalue weighted by Crippen LogP contribution is 2.42. The van der Waals surface area contributed by atoms with Crippen molar-refractivity contribution in [2.45, 2.75) is 57.0 Å². The van der Waals surface area contributed by atoms with E-state index in [4.69, 9.17) is 30.5 Å². The maximum absolute atomic E-state index is 13.0. The molecule has 9 heteroatoms. The number of nitrogens with one attached hydrogen (secondary N) is 1. The molecule has 2 N–H and O–H groups in total. The number of hydrogen-bond donors (Lipinski definition) is 2. The maximum Gasteiger partial charge on any atom is 0.453 e. The van der Waals surface area contributed by atoms with Crippen LogP contribution in [0.3, 0.4) is 0 Å². The van der Waals surface area contributed by atoms with Crippen LogP contribution in [0.2, 0.25) is 5.02 Å². The zero-order valence-electron chi connectivity index (χ0n) is 20.8. The minimum atomic E-state index is -2.28. The number of fused-ring (bicyclic) bond motifs is 1. The number of hydrogen-bond acceptors (Lipinski definition) is 8. The predicted molar refractivity (Wildman–Crippen MR) is 135 cm³/mol. The third kappa shape index (κ3) is 6.37. The summed E-state index contributed by atoms with van der Waals surface area (Å²) in [5.41, 5.74) is 1.65. The lowest BCUT2D eigenvalue weighted by Gasteiger charge is -2.23. The molecule has 0 saturated heterocycles. The van der Waals surface area contributed by atoms with Gasteiger partial charge in [0.2, 0.25) is 0 Å².